The summed E-state index contributed by atoms with van der Waals surface area (Å²) in [6.07, 6.45) is 0. The Balaban J connectivity index is 1.22. The maximum absolute atomic E-state index is 8.21. The number of nitrogens with zero attached hydrogens (tertiary/aromatic N) is 3. The van der Waals surface area contributed by atoms with Crippen LogP contribution in [0.4, 0.5) is 5.69 Å². The molecule has 0 atom stereocenters. The molecular weight excluding hydrogens is 591 g/mol. The molecule has 0 bridgehead atoms. The van der Waals surface area contributed by atoms with E-state index in [4.69, 9.17) is 6.57 Å². The van der Waals surface area contributed by atoms with Crippen LogP contribution in [0.1, 0.15) is 0 Å². The van der Waals surface area contributed by atoms with Gasteiger partial charge >= 0.3 is 0 Å². The molecule has 218 valence electrons. The fourth-order valence-electron chi connectivity index (χ4n) is 7.53. The summed E-state index contributed by atoms with van der Waals surface area (Å²) in [6, 6.07) is 54.0. The van der Waals surface area contributed by atoms with Crippen LogP contribution in [-0.2, 0) is 0 Å². The number of thiophene rings is 1. The van der Waals surface area contributed by atoms with Gasteiger partial charge in [0.1, 0.15) is 0 Å². The van der Waals surface area contributed by atoms with E-state index in [9.17, 15) is 0 Å². The van der Waals surface area contributed by atoms with Crippen molar-refractivity contribution in [2.24, 2.45) is 0 Å². The van der Waals surface area contributed by atoms with Crippen LogP contribution in [0.5, 0.6) is 0 Å². The molecule has 10 aromatic rings. The molecule has 0 radical (unpaired) electrons. The van der Waals surface area contributed by atoms with E-state index in [2.05, 4.69) is 154 Å². The van der Waals surface area contributed by atoms with Gasteiger partial charge in [0.25, 0.3) is 0 Å². The van der Waals surface area contributed by atoms with E-state index in [1.807, 2.05) is 23.5 Å². The van der Waals surface area contributed by atoms with Gasteiger partial charge in [-0.1, -0.05) is 97.1 Å². The van der Waals surface area contributed by atoms with Gasteiger partial charge in [-0.15, -0.1) is 11.3 Å². The molecule has 10 rings (SSSR count). The Morgan fingerprint density at radius 3 is 1.72 bits per heavy atom. The summed E-state index contributed by atoms with van der Waals surface area (Å²) in [5, 5.41) is 7.46. The monoisotopic (exact) mass is 615 g/mol. The zero-order valence-electron chi connectivity index (χ0n) is 25.2. The highest BCUT2D eigenvalue weighted by Gasteiger charge is 2.20. The summed E-state index contributed by atoms with van der Waals surface area (Å²) in [4.78, 5) is 4.05. The highest BCUT2D eigenvalue weighted by atomic mass is 32.1. The summed E-state index contributed by atoms with van der Waals surface area (Å²) < 4.78 is 7.28. The highest BCUT2D eigenvalue weighted by Crippen LogP contribution is 2.44. The van der Waals surface area contributed by atoms with Crippen LogP contribution in [-0.4, -0.2) is 9.13 Å². The van der Waals surface area contributed by atoms with Crippen molar-refractivity contribution < 1.29 is 0 Å². The zero-order chi connectivity index (χ0) is 31.1. The van der Waals surface area contributed by atoms with Gasteiger partial charge in [-0.25, -0.2) is 4.85 Å². The third-order valence-electron chi connectivity index (χ3n) is 9.55. The molecule has 3 heterocycles. The third-order valence-corrected chi connectivity index (χ3v) is 10.7. The molecule has 0 aliphatic heterocycles. The van der Waals surface area contributed by atoms with E-state index in [1.54, 1.807) is 0 Å². The third kappa shape index (κ3) is 3.72. The minimum absolute atomic E-state index is 0.639. The average Bonchev–Trinajstić information content (AvgIpc) is 3.78. The molecule has 0 saturated carbocycles. The van der Waals surface area contributed by atoms with Crippen molar-refractivity contribution in [2.45, 2.75) is 0 Å². The molecular formula is C43H25N3S. The van der Waals surface area contributed by atoms with Crippen molar-refractivity contribution >= 4 is 80.8 Å². The van der Waals surface area contributed by atoms with Crippen molar-refractivity contribution in [3.05, 3.63) is 163 Å². The van der Waals surface area contributed by atoms with Crippen molar-refractivity contribution in [1.29, 1.82) is 0 Å². The number of aromatic nitrogens is 2. The fourth-order valence-corrected chi connectivity index (χ4v) is 8.65. The second-order valence-corrected chi connectivity index (χ2v) is 13.1. The van der Waals surface area contributed by atoms with Crippen LogP contribution in [0, 0.1) is 6.57 Å². The van der Waals surface area contributed by atoms with Crippen molar-refractivity contribution in [1.82, 2.24) is 9.13 Å². The number of hydrogen-bond acceptors (Lipinski definition) is 1. The predicted molar refractivity (Wildman–Crippen MR) is 200 cm³/mol. The zero-order valence-corrected chi connectivity index (χ0v) is 26.0. The van der Waals surface area contributed by atoms with Gasteiger partial charge in [0.15, 0.2) is 5.69 Å². The van der Waals surface area contributed by atoms with E-state index in [1.165, 1.54) is 52.8 Å². The second-order valence-electron chi connectivity index (χ2n) is 12.0. The van der Waals surface area contributed by atoms with Crippen LogP contribution in [0.25, 0.3) is 91.1 Å². The molecule has 3 nitrogen and oxygen atoms in total. The van der Waals surface area contributed by atoms with Crippen molar-refractivity contribution in [3.63, 3.8) is 0 Å². The molecule has 0 unspecified atom stereocenters. The molecule has 0 aliphatic carbocycles. The lowest BCUT2D eigenvalue weighted by Gasteiger charge is -2.16. The van der Waals surface area contributed by atoms with Crippen LogP contribution in [0.3, 0.4) is 0 Å². The minimum Gasteiger partial charge on any atom is -0.310 e. The van der Waals surface area contributed by atoms with Crippen LogP contribution < -0.4 is 0 Å². The summed E-state index contributed by atoms with van der Waals surface area (Å²) in [6.45, 7) is 8.21. The maximum atomic E-state index is 8.21. The molecule has 0 spiro atoms. The van der Waals surface area contributed by atoms with Gasteiger partial charge in [-0.3, -0.25) is 0 Å². The first-order chi connectivity index (χ1) is 23.3. The van der Waals surface area contributed by atoms with Crippen molar-refractivity contribution in [2.75, 3.05) is 0 Å². The first-order valence-corrected chi connectivity index (χ1v) is 16.5. The van der Waals surface area contributed by atoms with Gasteiger partial charge in [-0.05, 0) is 60.2 Å². The van der Waals surface area contributed by atoms with Gasteiger partial charge in [0, 0.05) is 58.7 Å². The molecule has 0 amide bonds. The Hall–Kier alpha value is -6.15. The molecule has 4 heteroatoms. The fraction of sp³-hybridized carbons (Fsp3) is 0. The Morgan fingerprint density at radius 1 is 0.447 bits per heavy atom. The number of benzene rings is 7. The molecule has 0 aliphatic rings. The Kier molecular flexibility index (Phi) is 5.51. The summed E-state index contributed by atoms with van der Waals surface area (Å²) in [7, 11) is 0. The molecule has 47 heavy (non-hydrogen) atoms. The van der Waals surface area contributed by atoms with Gasteiger partial charge in [0.2, 0.25) is 0 Å². The Morgan fingerprint density at radius 2 is 1.04 bits per heavy atom. The SMILES string of the molecule is [C-]#[N+]c1cccc(-n2c3ccccc3c3cc4sc5ccccc5c4cc32)c1-c1ccc(-n2c3ccccc3c3ccccc32)cc1. The van der Waals surface area contributed by atoms with E-state index < -0.39 is 0 Å². The first kappa shape index (κ1) is 26.1. The van der Waals surface area contributed by atoms with Gasteiger partial charge < -0.3 is 9.13 Å². The average molecular weight is 616 g/mol. The van der Waals surface area contributed by atoms with Crippen LogP contribution in [0.2, 0.25) is 0 Å². The lowest BCUT2D eigenvalue weighted by Crippen LogP contribution is -1.98. The lowest BCUT2D eigenvalue weighted by atomic mass is 10.0. The highest BCUT2D eigenvalue weighted by molar-refractivity contribution is 7.25. The lowest BCUT2D eigenvalue weighted by molar-refractivity contribution is 1.17. The largest absolute Gasteiger partial charge is 0.310 e. The van der Waals surface area contributed by atoms with E-state index >= 15 is 0 Å². The normalized spacial score (nSPS) is 11.8. The minimum atomic E-state index is 0.639. The first-order valence-electron chi connectivity index (χ1n) is 15.7. The molecule has 0 N–H and O–H groups in total. The number of hydrogen-bond donors (Lipinski definition) is 0. The molecule has 0 fully saturated rings. The Labute approximate surface area is 274 Å². The van der Waals surface area contributed by atoms with E-state index in [-0.39, 0.29) is 0 Å². The maximum Gasteiger partial charge on any atom is 0.196 e. The summed E-state index contributed by atoms with van der Waals surface area (Å²) in [5.41, 5.74) is 9.34. The van der Waals surface area contributed by atoms with E-state index in [0.29, 0.717) is 5.69 Å². The smallest absolute Gasteiger partial charge is 0.196 e. The topological polar surface area (TPSA) is 14.2 Å². The summed E-state index contributed by atoms with van der Waals surface area (Å²) >= 11 is 1.85. The van der Waals surface area contributed by atoms with Gasteiger partial charge in [0.05, 0.1) is 28.6 Å². The molecule has 3 aromatic heterocycles. The summed E-state index contributed by atoms with van der Waals surface area (Å²) in [5.74, 6) is 0. The predicted octanol–water partition coefficient (Wildman–Crippen LogP) is 12.5. The molecule has 7 aromatic carbocycles. The van der Waals surface area contributed by atoms with Crippen LogP contribution >= 0.6 is 11.3 Å². The van der Waals surface area contributed by atoms with E-state index in [0.717, 1.165) is 33.5 Å². The quantitative estimate of drug-likeness (QED) is 0.176. The van der Waals surface area contributed by atoms with Crippen molar-refractivity contribution in [3.8, 4) is 22.5 Å². The second kappa shape index (κ2) is 9.92. The van der Waals surface area contributed by atoms with Gasteiger partial charge in [-0.2, -0.15) is 0 Å². The standard InChI is InChI=1S/C43H25N3S/c1-44-35-15-10-19-39(43(35)27-21-23-28(24-22-27)45-36-16-6-2-11-29(36)30-12-3-7-17-37(30)45)46-38-18-8-4-13-31(38)33-26-42-34(25-40(33)46)32-14-5-9-20-41(32)47-42/h2-26H. The Bertz CT molecular complexity index is 2860. The number of para-hydroxylation sites is 3. The molecule has 0 saturated heterocycles. The number of rotatable bonds is 3. The van der Waals surface area contributed by atoms with Crippen LogP contribution in [0.15, 0.2) is 152 Å². The number of fused-ring (bicyclic) bond motifs is 9.